The molecule has 3 heteroatoms. The first-order chi connectivity index (χ1) is 6.72. The van der Waals surface area contributed by atoms with Crippen molar-refractivity contribution in [2.45, 2.75) is 12.5 Å². The average Bonchev–Trinajstić information content (AvgIpc) is 2.17. The predicted octanol–water partition coefficient (Wildman–Crippen LogP) is 1.58. The van der Waals surface area contributed by atoms with Crippen LogP contribution in [0.4, 0.5) is 4.39 Å². The van der Waals surface area contributed by atoms with Gasteiger partial charge in [-0.15, -0.1) is 0 Å². The Bertz CT molecular complexity index is 293. The van der Waals surface area contributed by atoms with Gasteiger partial charge in [0.05, 0.1) is 6.10 Å². The molecule has 2 nitrogen and oxygen atoms in total. The average molecular weight is 196 g/mol. The minimum absolute atomic E-state index is 0.0467. The van der Waals surface area contributed by atoms with Gasteiger partial charge in [-0.3, -0.25) is 0 Å². The fraction of sp³-hybridized carbons (Fsp3) is 0.273. The number of halogens is 1. The van der Waals surface area contributed by atoms with Crippen LogP contribution in [0.5, 0.6) is 0 Å². The van der Waals surface area contributed by atoms with Crippen molar-refractivity contribution in [3.63, 3.8) is 0 Å². The highest BCUT2D eigenvalue weighted by Gasteiger charge is 1.96. The van der Waals surface area contributed by atoms with Crippen LogP contribution in [0, 0.1) is 5.82 Å². The van der Waals surface area contributed by atoms with Crippen LogP contribution in [0.3, 0.4) is 0 Å². The van der Waals surface area contributed by atoms with E-state index in [1.165, 1.54) is 12.1 Å². The third-order valence-electron chi connectivity index (χ3n) is 1.81. The summed E-state index contributed by atoms with van der Waals surface area (Å²) in [6.07, 6.45) is 2.94. The summed E-state index contributed by atoms with van der Waals surface area (Å²) in [5, 5.41) is 17.8. The number of aliphatic hydroxyl groups is 2. The Kier molecular flexibility index (Phi) is 4.29. The zero-order valence-electron chi connectivity index (χ0n) is 7.73. The summed E-state index contributed by atoms with van der Waals surface area (Å²) in [4.78, 5) is 0. The van der Waals surface area contributed by atoms with Gasteiger partial charge in [0.1, 0.15) is 5.82 Å². The first-order valence-electron chi connectivity index (χ1n) is 4.45. The maximum absolute atomic E-state index is 12.5. The molecule has 0 heterocycles. The van der Waals surface area contributed by atoms with Crippen molar-refractivity contribution in [1.29, 1.82) is 0 Å². The largest absolute Gasteiger partial charge is 0.396 e. The lowest BCUT2D eigenvalue weighted by Crippen LogP contribution is -2.03. The van der Waals surface area contributed by atoms with E-state index in [9.17, 15) is 9.50 Å². The van der Waals surface area contributed by atoms with E-state index in [1.54, 1.807) is 24.3 Å². The van der Waals surface area contributed by atoms with E-state index < -0.39 is 6.10 Å². The molecule has 0 radical (unpaired) electrons. The zero-order chi connectivity index (χ0) is 10.4. The van der Waals surface area contributed by atoms with Gasteiger partial charge in [-0.25, -0.2) is 4.39 Å². The molecule has 1 rings (SSSR count). The van der Waals surface area contributed by atoms with Gasteiger partial charge in [0, 0.05) is 6.61 Å². The quantitative estimate of drug-likeness (QED) is 0.767. The Morgan fingerprint density at radius 2 is 1.93 bits per heavy atom. The summed E-state index contributed by atoms with van der Waals surface area (Å²) < 4.78 is 12.5. The molecule has 1 atom stereocenters. The van der Waals surface area contributed by atoms with Gasteiger partial charge in [-0.1, -0.05) is 24.3 Å². The smallest absolute Gasteiger partial charge is 0.123 e. The van der Waals surface area contributed by atoms with E-state index in [0.717, 1.165) is 5.56 Å². The van der Waals surface area contributed by atoms with E-state index in [2.05, 4.69) is 0 Å². The van der Waals surface area contributed by atoms with E-state index in [4.69, 9.17) is 5.11 Å². The van der Waals surface area contributed by atoms with Gasteiger partial charge in [-0.2, -0.15) is 0 Å². The molecule has 0 saturated carbocycles. The van der Waals surface area contributed by atoms with E-state index in [1.807, 2.05) is 0 Å². The number of hydrogen-bond acceptors (Lipinski definition) is 2. The number of benzene rings is 1. The van der Waals surface area contributed by atoms with Gasteiger partial charge in [-0.05, 0) is 24.1 Å². The fourth-order valence-electron chi connectivity index (χ4n) is 1.02. The van der Waals surface area contributed by atoms with Crippen LogP contribution in [-0.2, 0) is 0 Å². The molecule has 1 unspecified atom stereocenters. The molecule has 0 spiro atoms. The first kappa shape index (κ1) is 10.9. The minimum atomic E-state index is -0.648. The standard InChI is InChI=1S/C11H13FO2/c12-10-4-1-9(2-5-10)3-6-11(14)7-8-13/h1-6,11,13-14H,7-8H2. The van der Waals surface area contributed by atoms with Gasteiger partial charge in [0.25, 0.3) is 0 Å². The van der Waals surface area contributed by atoms with E-state index in [0.29, 0.717) is 6.42 Å². The molecule has 1 aromatic rings. The van der Waals surface area contributed by atoms with Crippen molar-refractivity contribution < 1.29 is 14.6 Å². The molecule has 0 bridgehead atoms. The lowest BCUT2D eigenvalue weighted by atomic mass is 10.1. The second-order valence-electron chi connectivity index (χ2n) is 2.99. The monoisotopic (exact) mass is 196 g/mol. The molecule has 0 fully saturated rings. The van der Waals surface area contributed by atoms with Crippen molar-refractivity contribution in [3.05, 3.63) is 41.7 Å². The molecule has 0 aromatic heterocycles. The van der Waals surface area contributed by atoms with Crippen LogP contribution in [0.1, 0.15) is 12.0 Å². The lowest BCUT2D eigenvalue weighted by Gasteiger charge is -2.01. The van der Waals surface area contributed by atoms with E-state index in [-0.39, 0.29) is 12.4 Å². The van der Waals surface area contributed by atoms with Gasteiger partial charge < -0.3 is 10.2 Å². The Morgan fingerprint density at radius 3 is 2.50 bits per heavy atom. The second kappa shape index (κ2) is 5.52. The molecule has 76 valence electrons. The molecule has 0 aliphatic rings. The Hall–Kier alpha value is -1.19. The molecule has 1 aromatic carbocycles. The van der Waals surface area contributed by atoms with Crippen LogP contribution in [0.2, 0.25) is 0 Å². The lowest BCUT2D eigenvalue weighted by molar-refractivity contribution is 0.171. The molecule has 0 aliphatic carbocycles. The molecular formula is C11H13FO2. The normalized spacial score (nSPS) is 13.4. The minimum Gasteiger partial charge on any atom is -0.396 e. The SMILES string of the molecule is OCCC(O)C=Cc1ccc(F)cc1. The number of hydrogen-bond donors (Lipinski definition) is 2. The summed E-state index contributed by atoms with van der Waals surface area (Å²) in [6, 6.07) is 5.96. The summed E-state index contributed by atoms with van der Waals surface area (Å²) in [5.41, 5.74) is 0.823. The molecular weight excluding hydrogens is 183 g/mol. The Balaban J connectivity index is 2.55. The van der Waals surface area contributed by atoms with Gasteiger partial charge in [0.15, 0.2) is 0 Å². The number of aliphatic hydroxyl groups excluding tert-OH is 2. The van der Waals surface area contributed by atoms with Crippen LogP contribution in [-0.4, -0.2) is 22.9 Å². The maximum Gasteiger partial charge on any atom is 0.123 e. The Labute approximate surface area is 82.3 Å². The van der Waals surface area contributed by atoms with Crippen molar-refractivity contribution in [2.24, 2.45) is 0 Å². The second-order valence-corrected chi connectivity index (χ2v) is 2.99. The molecule has 0 saturated heterocycles. The van der Waals surface area contributed by atoms with Crippen LogP contribution in [0.15, 0.2) is 30.3 Å². The molecule has 0 amide bonds. The third-order valence-corrected chi connectivity index (χ3v) is 1.81. The molecule has 0 aliphatic heterocycles. The van der Waals surface area contributed by atoms with Crippen LogP contribution < -0.4 is 0 Å². The fourth-order valence-corrected chi connectivity index (χ4v) is 1.02. The van der Waals surface area contributed by atoms with Crippen LogP contribution in [0.25, 0.3) is 6.08 Å². The molecule has 14 heavy (non-hydrogen) atoms. The summed E-state index contributed by atoms with van der Waals surface area (Å²) in [7, 11) is 0. The Morgan fingerprint density at radius 1 is 1.29 bits per heavy atom. The highest BCUT2D eigenvalue weighted by molar-refractivity contribution is 5.49. The molecule has 2 N–H and O–H groups in total. The highest BCUT2D eigenvalue weighted by atomic mass is 19.1. The summed E-state index contributed by atoms with van der Waals surface area (Å²) in [5.74, 6) is -0.280. The van der Waals surface area contributed by atoms with Crippen molar-refractivity contribution in [2.75, 3.05) is 6.61 Å². The number of rotatable bonds is 4. The van der Waals surface area contributed by atoms with Gasteiger partial charge >= 0.3 is 0 Å². The van der Waals surface area contributed by atoms with Gasteiger partial charge in [0.2, 0.25) is 0 Å². The predicted molar refractivity (Wildman–Crippen MR) is 53.1 cm³/mol. The van der Waals surface area contributed by atoms with Crippen molar-refractivity contribution in [3.8, 4) is 0 Å². The van der Waals surface area contributed by atoms with Crippen molar-refractivity contribution in [1.82, 2.24) is 0 Å². The van der Waals surface area contributed by atoms with Crippen LogP contribution >= 0.6 is 0 Å². The summed E-state index contributed by atoms with van der Waals surface area (Å²) in [6.45, 7) is -0.0467. The summed E-state index contributed by atoms with van der Waals surface area (Å²) >= 11 is 0. The third kappa shape index (κ3) is 3.68. The van der Waals surface area contributed by atoms with Crippen molar-refractivity contribution >= 4 is 6.08 Å². The topological polar surface area (TPSA) is 40.5 Å². The first-order valence-corrected chi connectivity index (χ1v) is 4.45. The zero-order valence-corrected chi connectivity index (χ0v) is 7.73. The highest BCUT2D eigenvalue weighted by Crippen LogP contribution is 2.05. The maximum atomic E-state index is 12.5. The van der Waals surface area contributed by atoms with E-state index >= 15 is 0 Å².